The van der Waals surface area contributed by atoms with Crippen LogP contribution >= 0.6 is 0 Å². The highest BCUT2D eigenvalue weighted by molar-refractivity contribution is 6.02. The smallest absolute Gasteiger partial charge is 0.248 e. The molecule has 0 radical (unpaired) electrons. The van der Waals surface area contributed by atoms with E-state index in [4.69, 9.17) is 5.26 Å². The Labute approximate surface area is 142 Å². The van der Waals surface area contributed by atoms with Crippen LogP contribution in [0.25, 0.3) is 6.08 Å². The van der Waals surface area contributed by atoms with E-state index in [9.17, 15) is 18.4 Å². The third-order valence-electron chi connectivity index (χ3n) is 3.09. The van der Waals surface area contributed by atoms with Crippen LogP contribution in [-0.2, 0) is 9.59 Å². The van der Waals surface area contributed by atoms with E-state index in [1.807, 2.05) is 6.07 Å². The molecule has 2 rings (SSSR count). The van der Waals surface area contributed by atoms with Crippen LogP contribution in [0.3, 0.4) is 0 Å². The summed E-state index contributed by atoms with van der Waals surface area (Å²) < 4.78 is 27.3. The van der Waals surface area contributed by atoms with E-state index in [1.54, 1.807) is 24.3 Å². The molecule has 0 aliphatic heterocycles. The van der Waals surface area contributed by atoms with E-state index in [0.29, 0.717) is 17.2 Å². The van der Waals surface area contributed by atoms with Gasteiger partial charge < -0.3 is 10.6 Å². The van der Waals surface area contributed by atoms with Crippen LogP contribution in [0.1, 0.15) is 18.1 Å². The van der Waals surface area contributed by atoms with Gasteiger partial charge in [-0.05, 0) is 29.8 Å². The van der Waals surface area contributed by atoms with Gasteiger partial charge in [-0.25, -0.2) is 8.78 Å². The second-order valence-electron chi connectivity index (χ2n) is 5.05. The van der Waals surface area contributed by atoms with Gasteiger partial charge in [0.25, 0.3) is 0 Å². The van der Waals surface area contributed by atoms with Crippen LogP contribution in [0.15, 0.2) is 42.5 Å². The van der Waals surface area contributed by atoms with Crippen molar-refractivity contribution in [2.24, 2.45) is 0 Å². The van der Waals surface area contributed by atoms with Crippen molar-refractivity contribution in [3.8, 4) is 6.07 Å². The van der Waals surface area contributed by atoms with E-state index in [-0.39, 0.29) is 11.4 Å². The minimum absolute atomic E-state index is 0.236. The van der Waals surface area contributed by atoms with Crippen molar-refractivity contribution in [1.82, 2.24) is 0 Å². The molecular formula is C18H13F2N3O2. The number of benzene rings is 2. The minimum atomic E-state index is -0.966. The zero-order chi connectivity index (χ0) is 18.4. The van der Waals surface area contributed by atoms with Crippen molar-refractivity contribution >= 4 is 29.3 Å². The Hall–Kier alpha value is -3.53. The van der Waals surface area contributed by atoms with Gasteiger partial charge in [0.05, 0.1) is 23.0 Å². The van der Waals surface area contributed by atoms with Gasteiger partial charge in [-0.3, -0.25) is 9.59 Å². The van der Waals surface area contributed by atoms with Crippen LogP contribution < -0.4 is 10.6 Å². The summed E-state index contributed by atoms with van der Waals surface area (Å²) in [7, 11) is 0. The SMILES string of the molecule is CC(=O)Nc1cc(NC(=O)/C=C/c2ccc(C#N)cc2)c(F)cc1F. The Morgan fingerprint density at radius 3 is 2.20 bits per heavy atom. The first-order valence-electron chi connectivity index (χ1n) is 7.15. The maximum atomic E-state index is 13.8. The number of anilines is 2. The molecular weight excluding hydrogens is 328 g/mol. The standard InChI is InChI=1S/C18H13F2N3O2/c1-11(24)22-16-9-17(15(20)8-14(16)19)23-18(25)7-6-12-2-4-13(10-21)5-3-12/h2-9H,1H3,(H,22,24)(H,23,25)/b7-6+. The molecule has 0 fully saturated rings. The number of hydrogen-bond acceptors (Lipinski definition) is 3. The third-order valence-corrected chi connectivity index (χ3v) is 3.09. The summed E-state index contributed by atoms with van der Waals surface area (Å²) in [5, 5.41) is 13.2. The molecule has 0 atom stereocenters. The number of carbonyl (C=O) groups excluding carboxylic acids is 2. The van der Waals surface area contributed by atoms with Crippen LogP contribution in [0, 0.1) is 23.0 Å². The summed E-state index contributed by atoms with van der Waals surface area (Å²) in [4.78, 5) is 22.9. The third kappa shape index (κ3) is 4.97. The monoisotopic (exact) mass is 341 g/mol. The quantitative estimate of drug-likeness (QED) is 0.836. The molecule has 2 amide bonds. The Morgan fingerprint density at radius 2 is 1.64 bits per heavy atom. The highest BCUT2D eigenvalue weighted by atomic mass is 19.1. The Morgan fingerprint density at radius 1 is 1.04 bits per heavy atom. The van der Waals surface area contributed by atoms with Gasteiger partial charge in [-0.2, -0.15) is 5.26 Å². The second kappa shape index (κ2) is 7.84. The molecule has 25 heavy (non-hydrogen) atoms. The predicted octanol–water partition coefficient (Wildman–Crippen LogP) is 3.45. The van der Waals surface area contributed by atoms with Crippen molar-refractivity contribution in [3.05, 3.63) is 65.2 Å². The van der Waals surface area contributed by atoms with Crippen LogP contribution in [0.5, 0.6) is 0 Å². The van der Waals surface area contributed by atoms with Gasteiger partial charge in [0.2, 0.25) is 11.8 Å². The summed E-state index contributed by atoms with van der Waals surface area (Å²) >= 11 is 0. The second-order valence-corrected chi connectivity index (χ2v) is 5.05. The molecule has 2 aromatic carbocycles. The predicted molar refractivity (Wildman–Crippen MR) is 89.5 cm³/mol. The number of nitriles is 1. The number of hydrogen-bond donors (Lipinski definition) is 2. The summed E-state index contributed by atoms with van der Waals surface area (Å²) in [6, 6.07) is 10.0. The molecule has 0 unspecified atom stereocenters. The van der Waals surface area contributed by atoms with Crippen molar-refractivity contribution in [2.75, 3.05) is 10.6 Å². The summed E-state index contributed by atoms with van der Waals surface area (Å²) in [6.07, 6.45) is 2.65. The fraction of sp³-hybridized carbons (Fsp3) is 0.0556. The lowest BCUT2D eigenvalue weighted by Gasteiger charge is -2.09. The summed E-state index contributed by atoms with van der Waals surface area (Å²) in [5.74, 6) is -3.07. The van der Waals surface area contributed by atoms with Crippen molar-refractivity contribution in [2.45, 2.75) is 6.92 Å². The number of halogens is 2. The van der Waals surface area contributed by atoms with E-state index in [2.05, 4.69) is 10.6 Å². The number of carbonyl (C=O) groups is 2. The average Bonchev–Trinajstić information content (AvgIpc) is 2.57. The zero-order valence-corrected chi connectivity index (χ0v) is 13.1. The highest BCUT2D eigenvalue weighted by Gasteiger charge is 2.12. The van der Waals surface area contributed by atoms with Gasteiger partial charge in [-0.1, -0.05) is 12.1 Å². The average molecular weight is 341 g/mol. The number of nitrogens with one attached hydrogen (secondary N) is 2. The lowest BCUT2D eigenvalue weighted by atomic mass is 10.1. The molecule has 0 heterocycles. The maximum Gasteiger partial charge on any atom is 0.248 e. The fourth-order valence-electron chi connectivity index (χ4n) is 1.95. The first-order chi connectivity index (χ1) is 11.9. The van der Waals surface area contributed by atoms with E-state index >= 15 is 0 Å². The lowest BCUT2D eigenvalue weighted by Crippen LogP contribution is -2.12. The number of amides is 2. The maximum absolute atomic E-state index is 13.8. The summed E-state index contributed by atoms with van der Waals surface area (Å²) in [5.41, 5.74) is 0.660. The fourth-order valence-corrected chi connectivity index (χ4v) is 1.95. The largest absolute Gasteiger partial charge is 0.324 e. The minimum Gasteiger partial charge on any atom is -0.324 e. The molecule has 0 saturated carbocycles. The first-order valence-corrected chi connectivity index (χ1v) is 7.15. The zero-order valence-electron chi connectivity index (χ0n) is 13.1. The van der Waals surface area contributed by atoms with Gasteiger partial charge in [-0.15, -0.1) is 0 Å². The molecule has 2 N–H and O–H groups in total. The lowest BCUT2D eigenvalue weighted by molar-refractivity contribution is -0.114. The van der Waals surface area contributed by atoms with Gasteiger partial charge in [0, 0.05) is 19.1 Å². The van der Waals surface area contributed by atoms with Crippen LogP contribution in [0.4, 0.5) is 20.2 Å². The molecule has 0 aromatic heterocycles. The van der Waals surface area contributed by atoms with E-state index < -0.39 is 23.4 Å². The molecule has 0 aliphatic rings. The number of nitrogens with zero attached hydrogens (tertiary/aromatic N) is 1. The molecule has 7 heteroatoms. The Bertz CT molecular complexity index is 884. The van der Waals surface area contributed by atoms with Gasteiger partial charge in [0.1, 0.15) is 11.6 Å². The molecule has 126 valence electrons. The van der Waals surface area contributed by atoms with Crippen LogP contribution in [-0.4, -0.2) is 11.8 Å². The normalized spacial score (nSPS) is 10.3. The van der Waals surface area contributed by atoms with Crippen molar-refractivity contribution in [3.63, 3.8) is 0 Å². The van der Waals surface area contributed by atoms with Crippen molar-refractivity contribution < 1.29 is 18.4 Å². The molecule has 0 bridgehead atoms. The number of rotatable bonds is 4. The molecule has 2 aromatic rings. The van der Waals surface area contributed by atoms with E-state index in [0.717, 1.165) is 6.07 Å². The van der Waals surface area contributed by atoms with Gasteiger partial charge in [0.15, 0.2) is 0 Å². The van der Waals surface area contributed by atoms with Gasteiger partial charge >= 0.3 is 0 Å². The van der Waals surface area contributed by atoms with Crippen LogP contribution in [0.2, 0.25) is 0 Å². The Kier molecular flexibility index (Phi) is 5.58. The highest BCUT2D eigenvalue weighted by Crippen LogP contribution is 2.23. The molecule has 0 spiro atoms. The molecule has 0 aliphatic carbocycles. The Balaban J connectivity index is 2.12. The topological polar surface area (TPSA) is 82.0 Å². The summed E-state index contributed by atoms with van der Waals surface area (Å²) in [6.45, 7) is 1.18. The van der Waals surface area contributed by atoms with E-state index in [1.165, 1.54) is 19.1 Å². The van der Waals surface area contributed by atoms with Crippen molar-refractivity contribution in [1.29, 1.82) is 5.26 Å². The first kappa shape index (κ1) is 17.8. The molecule has 0 saturated heterocycles. The molecule has 5 nitrogen and oxygen atoms in total.